The number of thioether (sulfide) groups is 1. The maximum Gasteiger partial charge on any atom is 0.248 e. The van der Waals surface area contributed by atoms with Gasteiger partial charge in [0.1, 0.15) is 13.2 Å². The Morgan fingerprint density at radius 1 is 0.912 bits per heavy atom. The van der Waals surface area contributed by atoms with Crippen LogP contribution >= 0.6 is 11.8 Å². The molecule has 0 bridgehead atoms. The van der Waals surface area contributed by atoms with Crippen molar-refractivity contribution in [3.8, 4) is 11.5 Å². The van der Waals surface area contributed by atoms with Crippen molar-refractivity contribution < 1.29 is 19.1 Å². The number of nitrogens with one attached hydrogen (secondary N) is 2. The highest BCUT2D eigenvalue weighted by Crippen LogP contribution is 2.33. The average Bonchev–Trinajstić information content (AvgIpc) is 2.87. The summed E-state index contributed by atoms with van der Waals surface area (Å²) in [5.41, 5.74) is 2.30. The Morgan fingerprint density at radius 3 is 2.47 bits per heavy atom. The first-order valence-corrected chi connectivity index (χ1v) is 12.0. The molecule has 0 radical (unpaired) electrons. The lowest BCUT2D eigenvalue weighted by Gasteiger charge is -2.20. The van der Waals surface area contributed by atoms with Crippen LogP contribution in [-0.2, 0) is 9.59 Å². The van der Waals surface area contributed by atoms with E-state index in [9.17, 15) is 9.59 Å². The number of anilines is 2. The van der Waals surface area contributed by atoms with Gasteiger partial charge in [0.05, 0.1) is 5.25 Å². The number of rotatable bonds is 8. The van der Waals surface area contributed by atoms with Gasteiger partial charge in [0, 0.05) is 28.4 Å². The zero-order valence-electron chi connectivity index (χ0n) is 18.8. The molecular weight excluding hydrogens is 448 g/mol. The molecular formula is C27H26N2O4S. The van der Waals surface area contributed by atoms with Crippen molar-refractivity contribution in [1.82, 2.24) is 0 Å². The van der Waals surface area contributed by atoms with Gasteiger partial charge < -0.3 is 20.1 Å². The van der Waals surface area contributed by atoms with Gasteiger partial charge in [-0.25, -0.2) is 0 Å². The summed E-state index contributed by atoms with van der Waals surface area (Å²) in [6.45, 7) is 2.99. The van der Waals surface area contributed by atoms with E-state index in [1.165, 1.54) is 17.8 Å². The van der Waals surface area contributed by atoms with E-state index in [4.69, 9.17) is 9.47 Å². The molecule has 34 heavy (non-hydrogen) atoms. The van der Waals surface area contributed by atoms with Crippen LogP contribution in [0.5, 0.6) is 11.5 Å². The van der Waals surface area contributed by atoms with Gasteiger partial charge in [-0.15, -0.1) is 11.8 Å². The summed E-state index contributed by atoms with van der Waals surface area (Å²) in [5, 5.41) is 5.55. The van der Waals surface area contributed by atoms with E-state index in [1.807, 2.05) is 67.6 Å². The van der Waals surface area contributed by atoms with Gasteiger partial charge in [0.25, 0.3) is 0 Å². The monoisotopic (exact) mass is 474 g/mol. The standard InChI is InChI=1S/C27H26N2O4S/c1-2-25(27(31)29-21-12-13-23-24(18-21)33-16-15-32-23)34-22-10-6-9-20(17-22)28-26(30)14-11-19-7-4-3-5-8-19/h3-14,17-18,25H,2,15-16H2,1H3,(H,28,30)(H,29,31)/b14-11+. The molecule has 3 aromatic rings. The van der Waals surface area contributed by atoms with Gasteiger partial charge in [-0.05, 0) is 48.4 Å². The minimum atomic E-state index is -0.294. The van der Waals surface area contributed by atoms with Crippen LogP contribution in [0.25, 0.3) is 6.08 Å². The van der Waals surface area contributed by atoms with Crippen molar-refractivity contribution in [1.29, 1.82) is 0 Å². The topological polar surface area (TPSA) is 76.7 Å². The fraction of sp³-hybridized carbons (Fsp3) is 0.185. The van der Waals surface area contributed by atoms with Crippen LogP contribution in [0.15, 0.2) is 83.8 Å². The number of fused-ring (bicyclic) bond motifs is 1. The van der Waals surface area contributed by atoms with Crippen molar-refractivity contribution in [2.45, 2.75) is 23.5 Å². The van der Waals surface area contributed by atoms with Gasteiger partial charge in [0.15, 0.2) is 11.5 Å². The summed E-state index contributed by atoms with van der Waals surface area (Å²) in [6, 6.07) is 22.5. The van der Waals surface area contributed by atoms with Crippen LogP contribution in [0.2, 0.25) is 0 Å². The summed E-state index contributed by atoms with van der Waals surface area (Å²) in [7, 11) is 0. The highest BCUT2D eigenvalue weighted by atomic mass is 32.2. The zero-order valence-corrected chi connectivity index (χ0v) is 19.6. The van der Waals surface area contributed by atoms with Crippen LogP contribution in [0.1, 0.15) is 18.9 Å². The Bertz CT molecular complexity index is 1180. The maximum atomic E-state index is 12.9. The molecule has 6 nitrogen and oxygen atoms in total. The lowest BCUT2D eigenvalue weighted by atomic mass is 10.2. The van der Waals surface area contributed by atoms with E-state index in [1.54, 1.807) is 18.2 Å². The maximum absolute atomic E-state index is 12.9. The molecule has 1 unspecified atom stereocenters. The number of amides is 2. The van der Waals surface area contributed by atoms with Crippen LogP contribution in [0, 0.1) is 0 Å². The molecule has 0 aromatic heterocycles. The lowest BCUT2D eigenvalue weighted by Crippen LogP contribution is -2.24. The molecule has 2 amide bonds. The van der Waals surface area contributed by atoms with Gasteiger partial charge >= 0.3 is 0 Å². The molecule has 1 aliphatic rings. The highest BCUT2D eigenvalue weighted by molar-refractivity contribution is 8.00. The summed E-state index contributed by atoms with van der Waals surface area (Å²) in [4.78, 5) is 26.1. The van der Waals surface area contributed by atoms with Gasteiger partial charge in [-0.3, -0.25) is 9.59 Å². The molecule has 1 atom stereocenters. The Morgan fingerprint density at radius 2 is 1.68 bits per heavy atom. The number of hydrogen-bond acceptors (Lipinski definition) is 5. The summed E-state index contributed by atoms with van der Waals surface area (Å²) >= 11 is 1.46. The van der Waals surface area contributed by atoms with E-state index in [0.29, 0.717) is 42.5 Å². The molecule has 1 aliphatic heterocycles. The molecule has 7 heteroatoms. The van der Waals surface area contributed by atoms with E-state index in [2.05, 4.69) is 10.6 Å². The van der Waals surface area contributed by atoms with Crippen LogP contribution in [0.4, 0.5) is 11.4 Å². The van der Waals surface area contributed by atoms with E-state index >= 15 is 0 Å². The first-order valence-electron chi connectivity index (χ1n) is 11.1. The average molecular weight is 475 g/mol. The number of carbonyl (C=O) groups excluding carboxylic acids is 2. The highest BCUT2D eigenvalue weighted by Gasteiger charge is 2.20. The van der Waals surface area contributed by atoms with Crippen molar-refractivity contribution in [3.05, 3.63) is 84.4 Å². The molecule has 0 saturated carbocycles. The number of benzene rings is 3. The first kappa shape index (κ1) is 23.4. The summed E-state index contributed by atoms with van der Waals surface area (Å²) in [6.07, 6.45) is 3.92. The molecule has 0 aliphatic carbocycles. The molecule has 4 rings (SSSR count). The summed E-state index contributed by atoms with van der Waals surface area (Å²) < 4.78 is 11.1. The largest absolute Gasteiger partial charge is 0.486 e. The number of hydrogen-bond donors (Lipinski definition) is 2. The fourth-order valence-corrected chi connectivity index (χ4v) is 4.41. The molecule has 3 aromatic carbocycles. The van der Waals surface area contributed by atoms with Gasteiger partial charge in [0.2, 0.25) is 11.8 Å². The van der Waals surface area contributed by atoms with E-state index < -0.39 is 0 Å². The molecule has 1 heterocycles. The zero-order chi connectivity index (χ0) is 23.8. The third-order valence-corrected chi connectivity index (χ3v) is 6.44. The number of ether oxygens (including phenoxy) is 2. The van der Waals surface area contributed by atoms with E-state index in [-0.39, 0.29) is 17.1 Å². The van der Waals surface area contributed by atoms with Crippen LogP contribution in [0.3, 0.4) is 0 Å². The minimum Gasteiger partial charge on any atom is -0.486 e. The second kappa shape index (κ2) is 11.4. The third kappa shape index (κ3) is 6.42. The molecule has 0 spiro atoms. The fourth-order valence-electron chi connectivity index (χ4n) is 3.40. The summed E-state index contributed by atoms with van der Waals surface area (Å²) in [5.74, 6) is 1.01. The van der Waals surface area contributed by atoms with Crippen molar-refractivity contribution in [2.75, 3.05) is 23.8 Å². The second-order valence-electron chi connectivity index (χ2n) is 7.62. The molecule has 174 valence electrons. The Labute approximate surface area is 203 Å². The smallest absolute Gasteiger partial charge is 0.248 e. The molecule has 2 N–H and O–H groups in total. The Hall–Kier alpha value is -3.71. The Balaban J connectivity index is 1.36. The minimum absolute atomic E-state index is 0.0931. The molecule has 0 fully saturated rings. The van der Waals surface area contributed by atoms with Gasteiger partial charge in [-0.1, -0.05) is 43.3 Å². The van der Waals surface area contributed by atoms with Crippen molar-refractivity contribution >= 4 is 41.0 Å². The quantitative estimate of drug-likeness (QED) is 0.327. The van der Waals surface area contributed by atoms with Crippen molar-refractivity contribution in [3.63, 3.8) is 0 Å². The first-order chi connectivity index (χ1) is 16.6. The van der Waals surface area contributed by atoms with Crippen molar-refractivity contribution in [2.24, 2.45) is 0 Å². The lowest BCUT2D eigenvalue weighted by molar-refractivity contribution is -0.115. The predicted octanol–water partition coefficient (Wildman–Crippen LogP) is 5.62. The predicted molar refractivity (Wildman–Crippen MR) is 137 cm³/mol. The number of carbonyl (C=O) groups is 2. The normalized spacial score (nSPS) is 13.3. The van der Waals surface area contributed by atoms with E-state index in [0.717, 1.165) is 10.5 Å². The van der Waals surface area contributed by atoms with Gasteiger partial charge in [-0.2, -0.15) is 0 Å². The molecule has 0 saturated heterocycles. The Kier molecular flexibility index (Phi) is 7.88. The third-order valence-electron chi connectivity index (χ3n) is 5.08. The van der Waals surface area contributed by atoms with Crippen LogP contribution in [-0.4, -0.2) is 30.3 Å². The second-order valence-corrected chi connectivity index (χ2v) is 8.90. The SMILES string of the molecule is CCC(Sc1cccc(NC(=O)/C=C/c2ccccc2)c1)C(=O)Nc1ccc2c(c1)OCCO2. The van der Waals surface area contributed by atoms with Crippen LogP contribution < -0.4 is 20.1 Å².